The Hall–Kier alpha value is -1.83. The van der Waals surface area contributed by atoms with E-state index in [0.717, 1.165) is 48.6 Å². The largest absolute Gasteiger partial charge is 0.496 e. The van der Waals surface area contributed by atoms with Gasteiger partial charge >= 0.3 is 0 Å². The van der Waals surface area contributed by atoms with Crippen LogP contribution in [0.5, 0.6) is 11.5 Å². The van der Waals surface area contributed by atoms with Crippen molar-refractivity contribution in [2.24, 2.45) is 0 Å². The minimum atomic E-state index is -0.587. The highest BCUT2D eigenvalue weighted by molar-refractivity contribution is 6.31. The molecule has 0 aromatic heterocycles. The molecule has 1 unspecified atom stereocenters. The van der Waals surface area contributed by atoms with E-state index in [1.807, 2.05) is 37.3 Å². The summed E-state index contributed by atoms with van der Waals surface area (Å²) in [7, 11) is 1.66. The first kappa shape index (κ1) is 22.8. The highest BCUT2D eigenvalue weighted by Crippen LogP contribution is 2.31. The number of benzene rings is 2. The van der Waals surface area contributed by atoms with Crippen LogP contribution in [0.15, 0.2) is 36.4 Å². The Morgan fingerprint density at radius 1 is 1.03 bits per heavy atom. The number of aryl methyl sites for hydroxylation is 1. The summed E-state index contributed by atoms with van der Waals surface area (Å²) >= 11 is 6.31. The predicted molar refractivity (Wildman–Crippen MR) is 120 cm³/mol. The number of aliphatic hydroxyl groups excluding tert-OH is 2. The van der Waals surface area contributed by atoms with Crippen molar-refractivity contribution in [3.8, 4) is 22.6 Å². The van der Waals surface area contributed by atoms with Crippen LogP contribution in [0.2, 0.25) is 5.02 Å². The summed E-state index contributed by atoms with van der Waals surface area (Å²) in [5.41, 5.74) is 3.00. The average Bonchev–Trinajstić information content (AvgIpc) is 2.74. The van der Waals surface area contributed by atoms with Gasteiger partial charge in [0.05, 0.1) is 13.7 Å². The number of nitrogens with zero attached hydrogens (tertiary/aromatic N) is 2. The van der Waals surface area contributed by atoms with Gasteiger partial charge in [-0.15, -0.1) is 0 Å². The van der Waals surface area contributed by atoms with Crippen molar-refractivity contribution in [1.82, 2.24) is 9.80 Å². The van der Waals surface area contributed by atoms with Crippen LogP contribution >= 0.6 is 11.6 Å². The minimum Gasteiger partial charge on any atom is -0.496 e. The Balaban J connectivity index is 1.57. The predicted octanol–water partition coefficient (Wildman–Crippen LogP) is 2.67. The SMILES string of the molecule is COc1cc(-c2cc(Cl)cc(OCC(O)CN3CCN(CCO)CC3)c2)ccc1C. The van der Waals surface area contributed by atoms with Gasteiger partial charge in [0.2, 0.25) is 0 Å². The lowest BCUT2D eigenvalue weighted by Crippen LogP contribution is -2.49. The van der Waals surface area contributed by atoms with E-state index in [4.69, 9.17) is 26.2 Å². The van der Waals surface area contributed by atoms with Crippen molar-refractivity contribution in [3.05, 3.63) is 47.0 Å². The molecule has 6 nitrogen and oxygen atoms in total. The lowest BCUT2D eigenvalue weighted by molar-refractivity contribution is 0.0428. The molecule has 0 saturated carbocycles. The van der Waals surface area contributed by atoms with Crippen LogP contribution in [-0.2, 0) is 0 Å². The maximum atomic E-state index is 10.4. The Bertz CT molecular complexity index is 825. The van der Waals surface area contributed by atoms with Gasteiger partial charge in [-0.05, 0) is 47.9 Å². The highest BCUT2D eigenvalue weighted by atomic mass is 35.5. The van der Waals surface area contributed by atoms with Crippen molar-refractivity contribution in [2.75, 3.05) is 59.6 Å². The average molecular weight is 435 g/mol. The van der Waals surface area contributed by atoms with E-state index in [1.165, 1.54) is 0 Å². The third kappa shape index (κ3) is 6.33. The first-order chi connectivity index (χ1) is 14.5. The molecular formula is C23H31ClN2O4. The fourth-order valence-corrected chi connectivity index (χ4v) is 3.92. The summed E-state index contributed by atoms with van der Waals surface area (Å²) in [5.74, 6) is 1.45. The molecule has 2 N–H and O–H groups in total. The molecule has 2 aromatic carbocycles. The number of β-amino-alcohol motifs (C(OH)–C–C–N with tert-alkyl or cyclic N) is 2. The van der Waals surface area contributed by atoms with Crippen LogP contribution in [0.25, 0.3) is 11.1 Å². The highest BCUT2D eigenvalue weighted by Gasteiger charge is 2.19. The second kappa shape index (κ2) is 11.0. The number of hydrogen-bond donors (Lipinski definition) is 2. The molecule has 0 bridgehead atoms. The number of methoxy groups -OCH3 is 1. The zero-order valence-electron chi connectivity index (χ0n) is 17.7. The lowest BCUT2D eigenvalue weighted by atomic mass is 10.0. The molecule has 0 amide bonds. The number of rotatable bonds is 9. The summed E-state index contributed by atoms with van der Waals surface area (Å²) in [6.07, 6.45) is -0.587. The van der Waals surface area contributed by atoms with Crippen molar-refractivity contribution < 1.29 is 19.7 Å². The maximum absolute atomic E-state index is 10.4. The van der Waals surface area contributed by atoms with Crippen LogP contribution in [-0.4, -0.2) is 85.7 Å². The van der Waals surface area contributed by atoms with E-state index in [1.54, 1.807) is 13.2 Å². The Morgan fingerprint density at radius 2 is 1.77 bits per heavy atom. The number of halogens is 1. The van der Waals surface area contributed by atoms with E-state index in [-0.39, 0.29) is 13.2 Å². The van der Waals surface area contributed by atoms with Crippen LogP contribution in [0, 0.1) is 6.92 Å². The van der Waals surface area contributed by atoms with Gasteiger partial charge in [0.1, 0.15) is 24.2 Å². The van der Waals surface area contributed by atoms with Crippen LogP contribution in [0.4, 0.5) is 0 Å². The number of aliphatic hydroxyl groups is 2. The normalized spacial score (nSPS) is 16.4. The van der Waals surface area contributed by atoms with Gasteiger partial charge in [-0.25, -0.2) is 0 Å². The monoisotopic (exact) mass is 434 g/mol. The molecule has 7 heteroatoms. The molecule has 164 valence electrons. The smallest absolute Gasteiger partial charge is 0.122 e. The standard InChI is InChI=1S/C23H31ClN2O4/c1-17-3-4-18(13-23(17)29-2)19-11-20(24)14-22(12-19)30-16-21(28)15-26-7-5-25(6-8-26)9-10-27/h3-4,11-14,21,27-28H,5-10,15-16H2,1-2H3. The van der Waals surface area contributed by atoms with Crippen LogP contribution in [0.1, 0.15) is 5.56 Å². The van der Waals surface area contributed by atoms with E-state index >= 15 is 0 Å². The van der Waals surface area contributed by atoms with Gasteiger partial charge in [0, 0.05) is 44.3 Å². The van der Waals surface area contributed by atoms with Gasteiger partial charge in [0.15, 0.2) is 0 Å². The van der Waals surface area contributed by atoms with E-state index in [9.17, 15) is 5.11 Å². The summed E-state index contributed by atoms with van der Waals surface area (Å²) in [6, 6.07) is 11.6. The maximum Gasteiger partial charge on any atom is 0.122 e. The molecule has 0 spiro atoms. The number of piperazine rings is 1. The molecule has 1 aliphatic rings. The molecule has 1 heterocycles. The topological polar surface area (TPSA) is 65.4 Å². The summed E-state index contributed by atoms with van der Waals surface area (Å²) in [6.45, 7) is 7.25. The molecule has 1 fully saturated rings. The molecule has 0 aliphatic carbocycles. The molecule has 1 saturated heterocycles. The summed E-state index contributed by atoms with van der Waals surface area (Å²) in [4.78, 5) is 4.46. The van der Waals surface area contributed by atoms with Crippen LogP contribution in [0.3, 0.4) is 0 Å². The van der Waals surface area contributed by atoms with Crippen molar-refractivity contribution in [3.63, 3.8) is 0 Å². The lowest BCUT2D eigenvalue weighted by Gasteiger charge is -2.35. The molecule has 1 atom stereocenters. The van der Waals surface area contributed by atoms with Gasteiger partial charge in [0.25, 0.3) is 0 Å². The Labute approximate surface area is 183 Å². The molecule has 3 rings (SSSR count). The minimum absolute atomic E-state index is 0.188. The van der Waals surface area contributed by atoms with Crippen LogP contribution < -0.4 is 9.47 Å². The molecular weight excluding hydrogens is 404 g/mol. The number of hydrogen-bond acceptors (Lipinski definition) is 6. The second-order valence-electron chi connectivity index (χ2n) is 7.69. The first-order valence-corrected chi connectivity index (χ1v) is 10.7. The quantitative estimate of drug-likeness (QED) is 0.632. The second-order valence-corrected chi connectivity index (χ2v) is 8.13. The molecule has 0 radical (unpaired) electrons. The molecule has 1 aliphatic heterocycles. The van der Waals surface area contributed by atoms with E-state index in [2.05, 4.69) is 9.80 Å². The van der Waals surface area contributed by atoms with Crippen molar-refractivity contribution in [1.29, 1.82) is 0 Å². The summed E-state index contributed by atoms with van der Waals surface area (Å²) < 4.78 is 11.3. The fourth-order valence-electron chi connectivity index (χ4n) is 3.69. The third-order valence-electron chi connectivity index (χ3n) is 5.41. The molecule has 2 aromatic rings. The summed E-state index contributed by atoms with van der Waals surface area (Å²) in [5, 5.41) is 20.0. The Morgan fingerprint density at radius 3 is 2.47 bits per heavy atom. The first-order valence-electron chi connectivity index (χ1n) is 10.3. The fraction of sp³-hybridized carbons (Fsp3) is 0.478. The van der Waals surface area contributed by atoms with E-state index in [0.29, 0.717) is 23.9 Å². The number of ether oxygens (including phenoxy) is 2. The zero-order chi connectivity index (χ0) is 21.5. The van der Waals surface area contributed by atoms with Crippen molar-refractivity contribution in [2.45, 2.75) is 13.0 Å². The van der Waals surface area contributed by atoms with Gasteiger partial charge in [-0.1, -0.05) is 23.7 Å². The third-order valence-corrected chi connectivity index (χ3v) is 5.62. The van der Waals surface area contributed by atoms with Crippen molar-refractivity contribution >= 4 is 11.6 Å². The van der Waals surface area contributed by atoms with Gasteiger partial charge in [-0.3, -0.25) is 9.80 Å². The van der Waals surface area contributed by atoms with Gasteiger partial charge in [-0.2, -0.15) is 0 Å². The molecule has 30 heavy (non-hydrogen) atoms. The zero-order valence-corrected chi connectivity index (χ0v) is 18.4. The van der Waals surface area contributed by atoms with E-state index < -0.39 is 6.10 Å². The van der Waals surface area contributed by atoms with Gasteiger partial charge < -0.3 is 19.7 Å². The Kier molecular flexibility index (Phi) is 8.36.